The molecule has 0 rings (SSSR count). The molecule has 0 bridgehead atoms. The van der Waals surface area contributed by atoms with Crippen LogP contribution in [0.3, 0.4) is 0 Å². The van der Waals surface area contributed by atoms with Gasteiger partial charge in [-0.05, 0) is 24.9 Å². The van der Waals surface area contributed by atoms with E-state index in [9.17, 15) is 4.79 Å². The Morgan fingerprint density at radius 1 is 0.778 bits per heavy atom. The molecule has 0 atom stereocenters. The SMILES string of the molecule is CCCCCCCCCCCC(=O)OC.CO[Si](CCCSC)(OC)OC. The summed E-state index contributed by atoms with van der Waals surface area (Å²) < 4.78 is 20.4. The first-order chi connectivity index (χ1) is 13.1. The molecule has 0 spiro atoms. The third kappa shape index (κ3) is 19.0. The molecule has 0 aromatic carbocycles. The number of esters is 1. The zero-order chi connectivity index (χ0) is 20.8. The van der Waals surface area contributed by atoms with E-state index in [0.717, 1.165) is 24.6 Å². The maximum Gasteiger partial charge on any atom is 0.500 e. The summed E-state index contributed by atoms with van der Waals surface area (Å²) in [6.45, 7) is 2.24. The molecule has 0 fully saturated rings. The van der Waals surface area contributed by atoms with Crippen LogP contribution < -0.4 is 0 Å². The second-order valence-electron chi connectivity index (χ2n) is 6.55. The van der Waals surface area contributed by atoms with Crippen molar-refractivity contribution in [2.75, 3.05) is 40.4 Å². The number of carbonyl (C=O) groups excluding carboxylic acids is 1. The van der Waals surface area contributed by atoms with E-state index in [1.807, 2.05) is 11.8 Å². The fourth-order valence-electron chi connectivity index (χ4n) is 2.67. The van der Waals surface area contributed by atoms with Crippen LogP contribution in [-0.4, -0.2) is 55.2 Å². The van der Waals surface area contributed by atoms with Crippen LogP contribution in [0.1, 0.15) is 77.6 Å². The second-order valence-corrected chi connectivity index (χ2v) is 10.6. The van der Waals surface area contributed by atoms with Gasteiger partial charge in [0, 0.05) is 33.8 Å². The summed E-state index contributed by atoms with van der Waals surface area (Å²) in [5.74, 6) is 1.06. The lowest BCUT2D eigenvalue weighted by Gasteiger charge is -2.23. The first kappa shape index (κ1) is 29.1. The number of methoxy groups -OCH3 is 1. The Morgan fingerprint density at radius 2 is 1.26 bits per heavy atom. The maximum absolute atomic E-state index is 10.8. The van der Waals surface area contributed by atoms with E-state index in [0.29, 0.717) is 6.42 Å². The van der Waals surface area contributed by atoms with Gasteiger partial charge in [0.2, 0.25) is 0 Å². The third-order valence-corrected chi connectivity index (χ3v) is 8.01. The molecule has 0 aromatic heterocycles. The predicted molar refractivity (Wildman–Crippen MR) is 118 cm³/mol. The Labute approximate surface area is 173 Å². The van der Waals surface area contributed by atoms with Crippen molar-refractivity contribution >= 4 is 26.5 Å². The number of thioether (sulfide) groups is 1. The van der Waals surface area contributed by atoms with Gasteiger partial charge in [0.15, 0.2) is 0 Å². The molecule has 0 unspecified atom stereocenters. The van der Waals surface area contributed by atoms with Gasteiger partial charge >= 0.3 is 14.8 Å². The van der Waals surface area contributed by atoms with E-state index < -0.39 is 8.80 Å². The molecule has 7 heteroatoms. The highest BCUT2D eigenvalue weighted by Gasteiger charge is 2.36. The highest BCUT2D eigenvalue weighted by Crippen LogP contribution is 2.16. The van der Waals surface area contributed by atoms with Crippen molar-refractivity contribution in [3.63, 3.8) is 0 Å². The summed E-state index contributed by atoms with van der Waals surface area (Å²) in [5, 5.41) is 0. The summed E-state index contributed by atoms with van der Waals surface area (Å²) in [6.07, 6.45) is 15.3. The number of hydrogen-bond donors (Lipinski definition) is 0. The number of carbonyl (C=O) groups is 1. The van der Waals surface area contributed by atoms with Crippen molar-refractivity contribution in [1.82, 2.24) is 0 Å². The van der Waals surface area contributed by atoms with Gasteiger partial charge in [0.25, 0.3) is 0 Å². The molecule has 0 aliphatic rings. The average Bonchev–Trinajstić information content (AvgIpc) is 2.71. The Morgan fingerprint density at radius 3 is 1.67 bits per heavy atom. The maximum atomic E-state index is 10.8. The summed E-state index contributed by atoms with van der Waals surface area (Å²) in [5.41, 5.74) is 0. The van der Waals surface area contributed by atoms with Crippen molar-refractivity contribution < 1.29 is 22.8 Å². The van der Waals surface area contributed by atoms with Crippen LogP contribution in [0.5, 0.6) is 0 Å². The molecular formula is C20H44O5SSi. The van der Waals surface area contributed by atoms with Crippen LogP contribution in [0.15, 0.2) is 0 Å². The first-order valence-electron chi connectivity index (χ1n) is 10.3. The Bertz CT molecular complexity index is 306. The zero-order valence-corrected chi connectivity index (χ0v) is 20.5. The second kappa shape index (κ2) is 22.2. The lowest BCUT2D eigenvalue weighted by atomic mass is 10.1. The van der Waals surface area contributed by atoms with Gasteiger partial charge in [-0.1, -0.05) is 58.3 Å². The monoisotopic (exact) mass is 424 g/mol. The predicted octanol–water partition coefficient (Wildman–Crippen LogP) is 5.70. The van der Waals surface area contributed by atoms with E-state index in [1.165, 1.54) is 58.5 Å². The van der Waals surface area contributed by atoms with Gasteiger partial charge in [0.1, 0.15) is 0 Å². The van der Waals surface area contributed by atoms with Crippen LogP contribution >= 0.6 is 11.8 Å². The highest BCUT2D eigenvalue weighted by atomic mass is 32.2. The van der Waals surface area contributed by atoms with Crippen LogP contribution in [-0.2, 0) is 22.8 Å². The fraction of sp³-hybridized carbons (Fsp3) is 0.950. The summed E-state index contributed by atoms with van der Waals surface area (Å²) in [7, 11) is 4.14. The van der Waals surface area contributed by atoms with Gasteiger partial charge in [-0.3, -0.25) is 4.79 Å². The molecule has 0 heterocycles. The Hall–Kier alpha value is -0.0831. The van der Waals surface area contributed by atoms with E-state index in [4.69, 9.17) is 13.3 Å². The molecule has 0 radical (unpaired) electrons. The van der Waals surface area contributed by atoms with Crippen molar-refractivity contribution in [1.29, 1.82) is 0 Å². The lowest BCUT2D eigenvalue weighted by Crippen LogP contribution is -2.42. The van der Waals surface area contributed by atoms with E-state index >= 15 is 0 Å². The largest absolute Gasteiger partial charge is 0.500 e. The van der Waals surface area contributed by atoms with Crippen LogP contribution in [0.4, 0.5) is 0 Å². The average molecular weight is 425 g/mol. The molecule has 0 aromatic rings. The first-order valence-corrected chi connectivity index (χ1v) is 13.6. The molecule has 0 amide bonds. The zero-order valence-electron chi connectivity index (χ0n) is 18.6. The normalized spacial score (nSPS) is 11.0. The van der Waals surface area contributed by atoms with Gasteiger partial charge in [-0.15, -0.1) is 0 Å². The van der Waals surface area contributed by atoms with Crippen LogP contribution in [0.25, 0.3) is 0 Å². The number of unbranched alkanes of at least 4 members (excludes halogenated alkanes) is 8. The van der Waals surface area contributed by atoms with Gasteiger partial charge in [-0.25, -0.2) is 0 Å². The minimum atomic E-state index is -2.27. The van der Waals surface area contributed by atoms with Crippen LogP contribution in [0.2, 0.25) is 6.04 Å². The molecule has 0 aliphatic heterocycles. The quantitative estimate of drug-likeness (QED) is 0.170. The molecule has 164 valence electrons. The van der Waals surface area contributed by atoms with E-state index in [1.54, 1.807) is 21.3 Å². The van der Waals surface area contributed by atoms with Crippen molar-refractivity contribution in [2.24, 2.45) is 0 Å². The molecule has 5 nitrogen and oxygen atoms in total. The molecule has 0 aliphatic carbocycles. The van der Waals surface area contributed by atoms with Gasteiger partial charge in [-0.2, -0.15) is 11.8 Å². The summed E-state index contributed by atoms with van der Waals surface area (Å²) in [4.78, 5) is 10.8. The van der Waals surface area contributed by atoms with Crippen molar-refractivity contribution in [2.45, 2.75) is 83.6 Å². The number of hydrogen-bond acceptors (Lipinski definition) is 6. The Kier molecular flexibility index (Phi) is 24.0. The molecule has 0 saturated carbocycles. The molecule has 0 saturated heterocycles. The molecule has 0 N–H and O–H groups in total. The van der Waals surface area contributed by atoms with Gasteiger partial charge < -0.3 is 18.0 Å². The number of rotatable bonds is 17. The smallest absolute Gasteiger partial charge is 0.469 e. The van der Waals surface area contributed by atoms with Crippen LogP contribution in [0, 0.1) is 0 Å². The summed E-state index contributed by atoms with van der Waals surface area (Å²) in [6, 6.07) is 0.900. The minimum absolute atomic E-state index is 0.0713. The highest BCUT2D eigenvalue weighted by molar-refractivity contribution is 7.98. The van der Waals surface area contributed by atoms with Crippen molar-refractivity contribution in [3.05, 3.63) is 0 Å². The number of ether oxygens (including phenoxy) is 1. The Balaban J connectivity index is 0. The van der Waals surface area contributed by atoms with Gasteiger partial charge in [0.05, 0.1) is 7.11 Å². The topological polar surface area (TPSA) is 54.0 Å². The molecular weight excluding hydrogens is 380 g/mol. The summed E-state index contributed by atoms with van der Waals surface area (Å²) >= 11 is 1.83. The minimum Gasteiger partial charge on any atom is -0.469 e. The molecule has 27 heavy (non-hydrogen) atoms. The fourth-order valence-corrected chi connectivity index (χ4v) is 5.08. The van der Waals surface area contributed by atoms with Crippen molar-refractivity contribution in [3.8, 4) is 0 Å². The standard InChI is InChI=1S/C13H26O2.C7H18O3SSi/c1-3-4-5-6-7-8-9-10-11-12-13(14)15-2;1-8-12(9-2,10-3)7-5-6-11-4/h3-12H2,1-2H3;5-7H2,1-4H3. The lowest BCUT2D eigenvalue weighted by molar-refractivity contribution is -0.140. The van der Waals surface area contributed by atoms with E-state index in [2.05, 4.69) is 17.9 Å². The third-order valence-electron chi connectivity index (χ3n) is 4.48. The van der Waals surface area contributed by atoms with E-state index in [-0.39, 0.29) is 5.97 Å².